The molecule has 0 bridgehead atoms. The summed E-state index contributed by atoms with van der Waals surface area (Å²) in [6.45, 7) is 1.88. The lowest BCUT2D eigenvalue weighted by atomic mass is 10.1. The largest absolute Gasteiger partial charge is 0.399 e. The Kier molecular flexibility index (Phi) is 3.98. The zero-order chi connectivity index (χ0) is 14.0. The lowest BCUT2D eigenvalue weighted by molar-refractivity contribution is 0.102. The van der Waals surface area contributed by atoms with Gasteiger partial charge in [-0.1, -0.05) is 23.2 Å². The Labute approximate surface area is 121 Å². The first kappa shape index (κ1) is 13.7. The molecule has 98 valence electrons. The number of nitrogen functional groups attached to an aromatic ring is 1. The summed E-state index contributed by atoms with van der Waals surface area (Å²) in [6, 6.07) is 10.1. The van der Waals surface area contributed by atoms with Gasteiger partial charge >= 0.3 is 0 Å². The Hall–Kier alpha value is -1.71. The van der Waals surface area contributed by atoms with Gasteiger partial charge in [0.1, 0.15) is 0 Å². The quantitative estimate of drug-likeness (QED) is 0.818. The monoisotopic (exact) mass is 294 g/mol. The van der Waals surface area contributed by atoms with Gasteiger partial charge in [0.2, 0.25) is 0 Å². The van der Waals surface area contributed by atoms with Crippen LogP contribution >= 0.6 is 23.2 Å². The lowest BCUT2D eigenvalue weighted by Gasteiger charge is -2.08. The molecule has 3 nitrogen and oxygen atoms in total. The van der Waals surface area contributed by atoms with E-state index in [1.54, 1.807) is 36.4 Å². The maximum absolute atomic E-state index is 12.1. The topological polar surface area (TPSA) is 55.1 Å². The highest BCUT2D eigenvalue weighted by molar-refractivity contribution is 6.36. The molecule has 3 N–H and O–H groups in total. The van der Waals surface area contributed by atoms with E-state index in [9.17, 15) is 4.79 Å². The molecule has 0 aliphatic carbocycles. The maximum Gasteiger partial charge on any atom is 0.255 e. The Morgan fingerprint density at radius 1 is 1.16 bits per heavy atom. The van der Waals surface area contributed by atoms with E-state index >= 15 is 0 Å². The van der Waals surface area contributed by atoms with Gasteiger partial charge in [0.25, 0.3) is 5.91 Å². The van der Waals surface area contributed by atoms with Gasteiger partial charge in [0.05, 0.1) is 10.7 Å². The van der Waals surface area contributed by atoms with Crippen LogP contribution in [-0.2, 0) is 0 Å². The molecular formula is C14H12Cl2N2O. The number of amides is 1. The van der Waals surface area contributed by atoms with E-state index < -0.39 is 0 Å². The molecule has 0 saturated carbocycles. The summed E-state index contributed by atoms with van der Waals surface area (Å²) in [4.78, 5) is 12.1. The van der Waals surface area contributed by atoms with E-state index in [4.69, 9.17) is 28.9 Å². The fourth-order valence-electron chi connectivity index (χ4n) is 1.73. The van der Waals surface area contributed by atoms with Crippen LogP contribution in [0.4, 0.5) is 11.4 Å². The SMILES string of the molecule is Cc1cc(N)cc(C(=O)Nc2ccc(Cl)cc2Cl)c1. The third-order valence-corrected chi connectivity index (χ3v) is 3.09. The van der Waals surface area contributed by atoms with Crippen molar-refractivity contribution >= 4 is 40.5 Å². The van der Waals surface area contributed by atoms with Crippen molar-refractivity contribution < 1.29 is 4.79 Å². The molecule has 2 aromatic rings. The highest BCUT2D eigenvalue weighted by Crippen LogP contribution is 2.26. The van der Waals surface area contributed by atoms with Crippen molar-refractivity contribution in [1.82, 2.24) is 0 Å². The standard InChI is InChI=1S/C14H12Cl2N2O/c1-8-4-9(6-11(17)5-8)14(19)18-13-3-2-10(15)7-12(13)16/h2-7H,17H2,1H3,(H,18,19). The normalized spacial score (nSPS) is 10.3. The summed E-state index contributed by atoms with van der Waals surface area (Å²) in [6.07, 6.45) is 0. The molecule has 0 spiro atoms. The molecule has 2 aromatic carbocycles. The van der Waals surface area contributed by atoms with E-state index in [1.807, 2.05) is 6.92 Å². The Morgan fingerprint density at radius 3 is 2.53 bits per heavy atom. The number of aryl methyl sites for hydroxylation is 1. The molecule has 0 heterocycles. The van der Waals surface area contributed by atoms with Gasteiger partial charge in [0, 0.05) is 16.3 Å². The van der Waals surface area contributed by atoms with Gasteiger partial charge in [-0.2, -0.15) is 0 Å². The molecule has 5 heteroatoms. The minimum Gasteiger partial charge on any atom is -0.399 e. The van der Waals surface area contributed by atoms with E-state index in [0.29, 0.717) is 27.0 Å². The van der Waals surface area contributed by atoms with Crippen molar-refractivity contribution in [3.8, 4) is 0 Å². The second kappa shape index (κ2) is 5.51. The Morgan fingerprint density at radius 2 is 1.89 bits per heavy atom. The molecule has 0 unspecified atom stereocenters. The maximum atomic E-state index is 12.1. The van der Waals surface area contributed by atoms with Crippen molar-refractivity contribution in [2.45, 2.75) is 6.92 Å². The summed E-state index contributed by atoms with van der Waals surface area (Å²) in [5, 5.41) is 3.63. The van der Waals surface area contributed by atoms with Crippen LogP contribution in [0.3, 0.4) is 0 Å². The van der Waals surface area contributed by atoms with Gasteiger partial charge in [0.15, 0.2) is 0 Å². The number of carbonyl (C=O) groups is 1. The first-order valence-electron chi connectivity index (χ1n) is 5.59. The van der Waals surface area contributed by atoms with Crippen molar-refractivity contribution in [3.05, 3.63) is 57.6 Å². The predicted octanol–water partition coefficient (Wildman–Crippen LogP) is 4.14. The summed E-state index contributed by atoms with van der Waals surface area (Å²) >= 11 is 11.8. The van der Waals surface area contributed by atoms with Gasteiger partial charge < -0.3 is 11.1 Å². The number of nitrogens with two attached hydrogens (primary N) is 1. The van der Waals surface area contributed by atoms with Crippen LogP contribution in [0, 0.1) is 6.92 Å². The number of rotatable bonds is 2. The summed E-state index contributed by atoms with van der Waals surface area (Å²) in [5.74, 6) is -0.264. The summed E-state index contributed by atoms with van der Waals surface area (Å²) < 4.78 is 0. The van der Waals surface area contributed by atoms with Crippen molar-refractivity contribution in [1.29, 1.82) is 0 Å². The van der Waals surface area contributed by atoms with Crippen LogP contribution in [0.1, 0.15) is 15.9 Å². The highest BCUT2D eigenvalue weighted by Gasteiger charge is 2.09. The van der Waals surface area contributed by atoms with Gasteiger partial charge in [-0.15, -0.1) is 0 Å². The zero-order valence-corrected chi connectivity index (χ0v) is 11.7. The number of benzene rings is 2. The smallest absolute Gasteiger partial charge is 0.255 e. The molecule has 0 atom stereocenters. The van der Waals surface area contributed by atoms with Gasteiger partial charge in [-0.3, -0.25) is 4.79 Å². The van der Waals surface area contributed by atoms with Crippen LogP contribution < -0.4 is 11.1 Å². The molecule has 0 radical (unpaired) electrons. The molecule has 0 fully saturated rings. The predicted molar refractivity (Wildman–Crippen MR) is 80.0 cm³/mol. The third kappa shape index (κ3) is 3.40. The van der Waals surface area contributed by atoms with Gasteiger partial charge in [-0.05, 0) is 48.9 Å². The fourth-order valence-corrected chi connectivity index (χ4v) is 2.18. The first-order chi connectivity index (χ1) is 8.95. The second-order valence-electron chi connectivity index (χ2n) is 4.21. The number of halogens is 2. The molecule has 0 aliphatic heterocycles. The average Bonchev–Trinajstić information content (AvgIpc) is 2.31. The number of carbonyl (C=O) groups excluding carboxylic acids is 1. The number of nitrogens with one attached hydrogen (secondary N) is 1. The summed E-state index contributed by atoms with van der Waals surface area (Å²) in [7, 11) is 0. The van der Waals surface area contributed by atoms with Crippen molar-refractivity contribution in [2.24, 2.45) is 0 Å². The van der Waals surface area contributed by atoms with Gasteiger partial charge in [-0.25, -0.2) is 0 Å². The van der Waals surface area contributed by atoms with E-state index in [-0.39, 0.29) is 5.91 Å². The van der Waals surface area contributed by atoms with Crippen LogP contribution in [0.25, 0.3) is 0 Å². The molecule has 0 aromatic heterocycles. The molecule has 19 heavy (non-hydrogen) atoms. The van der Waals surface area contributed by atoms with Crippen molar-refractivity contribution in [2.75, 3.05) is 11.1 Å². The number of anilines is 2. The minimum atomic E-state index is -0.264. The van der Waals surface area contributed by atoms with Crippen LogP contribution in [-0.4, -0.2) is 5.91 Å². The van der Waals surface area contributed by atoms with Crippen LogP contribution in [0.2, 0.25) is 10.0 Å². The lowest BCUT2D eigenvalue weighted by Crippen LogP contribution is -2.12. The molecular weight excluding hydrogens is 283 g/mol. The van der Waals surface area contributed by atoms with Crippen LogP contribution in [0.15, 0.2) is 36.4 Å². The van der Waals surface area contributed by atoms with E-state index in [0.717, 1.165) is 5.56 Å². The van der Waals surface area contributed by atoms with E-state index in [1.165, 1.54) is 0 Å². The minimum absolute atomic E-state index is 0.264. The number of hydrogen-bond acceptors (Lipinski definition) is 2. The van der Waals surface area contributed by atoms with Crippen molar-refractivity contribution in [3.63, 3.8) is 0 Å². The fraction of sp³-hybridized carbons (Fsp3) is 0.0714. The Bertz CT molecular complexity index is 621. The third-order valence-electron chi connectivity index (χ3n) is 2.54. The molecule has 2 rings (SSSR count). The second-order valence-corrected chi connectivity index (χ2v) is 5.05. The van der Waals surface area contributed by atoms with Crippen LogP contribution in [0.5, 0.6) is 0 Å². The molecule has 1 amide bonds. The Balaban J connectivity index is 2.25. The molecule has 0 aliphatic rings. The highest BCUT2D eigenvalue weighted by atomic mass is 35.5. The number of hydrogen-bond donors (Lipinski definition) is 2. The summed E-state index contributed by atoms with van der Waals surface area (Å²) in [5.41, 5.74) is 8.19. The van der Waals surface area contributed by atoms with E-state index in [2.05, 4.69) is 5.32 Å². The molecule has 0 saturated heterocycles. The average molecular weight is 295 g/mol. The first-order valence-corrected chi connectivity index (χ1v) is 6.35. The zero-order valence-electron chi connectivity index (χ0n) is 10.2.